The number of benzene rings is 2. The van der Waals surface area contributed by atoms with Crippen molar-refractivity contribution in [2.75, 3.05) is 20.8 Å². The summed E-state index contributed by atoms with van der Waals surface area (Å²) in [5.41, 5.74) is 2.25. The third-order valence-electron chi connectivity index (χ3n) is 4.50. The summed E-state index contributed by atoms with van der Waals surface area (Å²) in [6.07, 6.45) is 0.201. The fraction of sp³-hybridized carbons (Fsp3) is 0.350. The molecular formula is C20H22ClNO4. The van der Waals surface area contributed by atoms with Gasteiger partial charge in [-0.15, -0.1) is 0 Å². The van der Waals surface area contributed by atoms with Gasteiger partial charge in [0.05, 0.1) is 14.2 Å². The summed E-state index contributed by atoms with van der Waals surface area (Å²) in [4.78, 5) is 14.6. The molecule has 3 rings (SSSR count). The molecule has 0 aromatic heterocycles. The van der Waals surface area contributed by atoms with Crippen LogP contribution in [0.3, 0.4) is 0 Å². The van der Waals surface area contributed by atoms with E-state index < -0.39 is 6.10 Å². The number of hydrogen-bond donors (Lipinski definition) is 0. The van der Waals surface area contributed by atoms with Crippen LogP contribution >= 0.6 is 11.6 Å². The predicted octanol–water partition coefficient (Wildman–Crippen LogP) is 3.71. The molecule has 1 aliphatic rings. The van der Waals surface area contributed by atoms with Crippen LogP contribution in [0.15, 0.2) is 36.4 Å². The molecule has 1 heterocycles. The highest BCUT2D eigenvalue weighted by Gasteiger charge is 2.27. The van der Waals surface area contributed by atoms with Crippen LogP contribution in [0.5, 0.6) is 17.2 Å². The van der Waals surface area contributed by atoms with Crippen LogP contribution < -0.4 is 14.2 Å². The molecule has 0 spiro atoms. The van der Waals surface area contributed by atoms with E-state index in [1.54, 1.807) is 45.4 Å². The number of methoxy groups -OCH3 is 2. The van der Waals surface area contributed by atoms with Gasteiger partial charge < -0.3 is 19.1 Å². The summed E-state index contributed by atoms with van der Waals surface area (Å²) in [5.74, 6) is 1.97. The molecule has 6 heteroatoms. The zero-order chi connectivity index (χ0) is 18.7. The van der Waals surface area contributed by atoms with E-state index in [-0.39, 0.29) is 5.91 Å². The maximum atomic E-state index is 12.8. The standard InChI is InChI=1S/C20H22ClNO4/c1-13(26-17-6-4-16(21)5-7-17)20(23)22-9-8-14-10-18(24-2)19(25-3)11-15(14)12-22/h4-7,10-11,13H,8-9,12H2,1-3H3/t13-/m1/s1. The Balaban J connectivity index is 1.71. The quantitative estimate of drug-likeness (QED) is 0.799. The molecule has 0 saturated carbocycles. The molecule has 2 aromatic carbocycles. The van der Waals surface area contributed by atoms with E-state index in [4.69, 9.17) is 25.8 Å². The van der Waals surface area contributed by atoms with Gasteiger partial charge in [0.2, 0.25) is 0 Å². The van der Waals surface area contributed by atoms with Crippen LogP contribution in [0.4, 0.5) is 0 Å². The van der Waals surface area contributed by atoms with Crippen LogP contribution in [0.25, 0.3) is 0 Å². The molecule has 0 unspecified atom stereocenters. The van der Waals surface area contributed by atoms with E-state index in [1.165, 1.54) is 5.56 Å². The molecule has 0 saturated heterocycles. The average molecular weight is 376 g/mol. The van der Waals surface area contributed by atoms with Crippen molar-refractivity contribution in [1.82, 2.24) is 4.90 Å². The van der Waals surface area contributed by atoms with Gasteiger partial charge in [0.25, 0.3) is 5.91 Å². The van der Waals surface area contributed by atoms with E-state index in [2.05, 4.69) is 0 Å². The first-order valence-corrected chi connectivity index (χ1v) is 8.84. The highest BCUT2D eigenvalue weighted by atomic mass is 35.5. The summed E-state index contributed by atoms with van der Waals surface area (Å²) >= 11 is 5.88. The van der Waals surface area contributed by atoms with Crippen molar-refractivity contribution >= 4 is 17.5 Å². The molecule has 1 aliphatic heterocycles. The lowest BCUT2D eigenvalue weighted by atomic mass is 9.98. The number of fused-ring (bicyclic) bond motifs is 1. The molecule has 0 aliphatic carbocycles. The predicted molar refractivity (Wildman–Crippen MR) is 100 cm³/mol. The fourth-order valence-electron chi connectivity index (χ4n) is 3.10. The van der Waals surface area contributed by atoms with Crippen molar-refractivity contribution in [3.63, 3.8) is 0 Å². The van der Waals surface area contributed by atoms with E-state index in [1.807, 2.05) is 17.0 Å². The number of nitrogens with zero attached hydrogens (tertiary/aromatic N) is 1. The van der Waals surface area contributed by atoms with Crippen LogP contribution in [0, 0.1) is 0 Å². The Bertz CT molecular complexity index is 791. The molecule has 5 nitrogen and oxygen atoms in total. The second kappa shape index (κ2) is 7.87. The molecule has 0 N–H and O–H groups in total. The van der Waals surface area contributed by atoms with Crippen molar-refractivity contribution in [2.45, 2.75) is 26.0 Å². The number of ether oxygens (including phenoxy) is 3. The Labute approximate surface area is 158 Å². The summed E-state index contributed by atoms with van der Waals surface area (Å²) in [7, 11) is 3.23. The maximum absolute atomic E-state index is 12.8. The average Bonchev–Trinajstić information content (AvgIpc) is 2.67. The smallest absolute Gasteiger partial charge is 0.263 e. The molecule has 0 radical (unpaired) electrons. The minimum atomic E-state index is -0.571. The molecule has 1 atom stereocenters. The summed E-state index contributed by atoms with van der Waals surface area (Å²) in [5, 5.41) is 0.633. The number of carbonyl (C=O) groups is 1. The number of hydrogen-bond acceptors (Lipinski definition) is 4. The molecule has 1 amide bonds. The van der Waals surface area contributed by atoms with Crippen molar-refractivity contribution in [1.29, 1.82) is 0 Å². The second-order valence-electron chi connectivity index (χ2n) is 6.20. The first kappa shape index (κ1) is 18.4. The Hall–Kier alpha value is -2.40. The van der Waals surface area contributed by atoms with E-state index in [0.29, 0.717) is 35.4 Å². The van der Waals surface area contributed by atoms with Gasteiger partial charge in [-0.3, -0.25) is 4.79 Å². The van der Waals surface area contributed by atoms with Crippen LogP contribution in [-0.2, 0) is 17.8 Å². The van der Waals surface area contributed by atoms with Gasteiger partial charge >= 0.3 is 0 Å². The fourth-order valence-corrected chi connectivity index (χ4v) is 3.22. The number of rotatable bonds is 5. The monoisotopic (exact) mass is 375 g/mol. The van der Waals surface area contributed by atoms with Crippen molar-refractivity contribution in [3.05, 3.63) is 52.5 Å². The van der Waals surface area contributed by atoms with Gasteiger partial charge in [0.1, 0.15) is 5.75 Å². The zero-order valence-electron chi connectivity index (χ0n) is 15.1. The minimum absolute atomic E-state index is 0.0413. The molecule has 0 bridgehead atoms. The largest absolute Gasteiger partial charge is 0.493 e. The van der Waals surface area contributed by atoms with Crippen molar-refractivity contribution in [3.8, 4) is 17.2 Å². The summed E-state index contributed by atoms with van der Waals surface area (Å²) in [6.45, 7) is 2.94. The summed E-state index contributed by atoms with van der Waals surface area (Å²) in [6, 6.07) is 10.9. The lowest BCUT2D eigenvalue weighted by Crippen LogP contribution is -2.43. The SMILES string of the molecule is COc1cc2c(cc1OC)CN(C(=O)[C@@H](C)Oc1ccc(Cl)cc1)CC2. The number of amides is 1. The molecule has 138 valence electrons. The van der Waals surface area contributed by atoms with Gasteiger partial charge in [-0.05, 0) is 60.9 Å². The van der Waals surface area contributed by atoms with Gasteiger partial charge in [0, 0.05) is 18.1 Å². The first-order valence-electron chi connectivity index (χ1n) is 8.46. The topological polar surface area (TPSA) is 48.0 Å². The Kier molecular flexibility index (Phi) is 5.57. The normalized spacial score (nSPS) is 14.4. The van der Waals surface area contributed by atoms with Gasteiger partial charge in [-0.2, -0.15) is 0 Å². The van der Waals surface area contributed by atoms with Gasteiger partial charge in [-0.25, -0.2) is 0 Å². The molecular weight excluding hydrogens is 354 g/mol. The highest BCUT2D eigenvalue weighted by molar-refractivity contribution is 6.30. The summed E-state index contributed by atoms with van der Waals surface area (Å²) < 4.78 is 16.5. The molecule has 2 aromatic rings. The third-order valence-corrected chi connectivity index (χ3v) is 4.76. The van der Waals surface area contributed by atoms with E-state index in [0.717, 1.165) is 12.0 Å². The minimum Gasteiger partial charge on any atom is -0.493 e. The molecule has 0 fully saturated rings. The first-order chi connectivity index (χ1) is 12.5. The second-order valence-corrected chi connectivity index (χ2v) is 6.64. The third kappa shape index (κ3) is 3.88. The van der Waals surface area contributed by atoms with Crippen molar-refractivity contribution < 1.29 is 19.0 Å². The molecule has 26 heavy (non-hydrogen) atoms. The van der Waals surface area contributed by atoms with Gasteiger partial charge in [-0.1, -0.05) is 11.6 Å². The van der Waals surface area contributed by atoms with E-state index in [9.17, 15) is 4.79 Å². The Morgan fingerprint density at radius 3 is 2.31 bits per heavy atom. The lowest BCUT2D eigenvalue weighted by Gasteiger charge is -2.31. The highest BCUT2D eigenvalue weighted by Crippen LogP contribution is 2.33. The zero-order valence-corrected chi connectivity index (χ0v) is 15.9. The van der Waals surface area contributed by atoms with E-state index >= 15 is 0 Å². The van der Waals surface area contributed by atoms with Crippen LogP contribution in [0.2, 0.25) is 5.02 Å². The van der Waals surface area contributed by atoms with Crippen LogP contribution in [-0.4, -0.2) is 37.7 Å². The lowest BCUT2D eigenvalue weighted by molar-refractivity contribution is -0.138. The Morgan fingerprint density at radius 2 is 1.69 bits per heavy atom. The van der Waals surface area contributed by atoms with Crippen molar-refractivity contribution in [2.24, 2.45) is 0 Å². The number of halogens is 1. The van der Waals surface area contributed by atoms with Gasteiger partial charge in [0.15, 0.2) is 17.6 Å². The Morgan fingerprint density at radius 1 is 1.08 bits per heavy atom. The number of carbonyl (C=O) groups excluding carboxylic acids is 1. The van der Waals surface area contributed by atoms with Crippen LogP contribution in [0.1, 0.15) is 18.1 Å². The maximum Gasteiger partial charge on any atom is 0.263 e.